The first-order valence-electron chi connectivity index (χ1n) is 3.68. The highest BCUT2D eigenvalue weighted by Gasteiger charge is 2.02. The fourth-order valence-corrected chi connectivity index (χ4v) is 1.20. The van der Waals surface area contributed by atoms with Crippen molar-refractivity contribution < 1.29 is 9.50 Å². The zero-order valence-electron chi connectivity index (χ0n) is 6.57. The highest BCUT2D eigenvalue weighted by Crippen LogP contribution is 2.12. The molecule has 0 saturated carbocycles. The van der Waals surface area contributed by atoms with E-state index in [0.29, 0.717) is 0 Å². The lowest BCUT2D eigenvalue weighted by atomic mass is 10.3. The highest BCUT2D eigenvalue weighted by atomic mass is 19.1. The molecule has 3 nitrogen and oxygen atoms in total. The maximum Gasteiger partial charge on any atom is 0.258 e. The molecule has 13 heavy (non-hydrogen) atoms. The van der Waals surface area contributed by atoms with Crippen molar-refractivity contribution in [1.82, 2.24) is 4.40 Å². The van der Waals surface area contributed by atoms with Crippen LogP contribution in [0.2, 0.25) is 0 Å². The van der Waals surface area contributed by atoms with Gasteiger partial charge in [0.15, 0.2) is 0 Å². The molecule has 66 valence electrons. The summed E-state index contributed by atoms with van der Waals surface area (Å²) in [7, 11) is 0. The number of nitrogens with zero attached hydrogens (tertiary/aromatic N) is 1. The van der Waals surface area contributed by atoms with E-state index in [4.69, 9.17) is 5.11 Å². The van der Waals surface area contributed by atoms with Gasteiger partial charge in [0.1, 0.15) is 11.6 Å². The highest BCUT2D eigenvalue weighted by molar-refractivity contribution is 5.51. The number of rotatable bonds is 0. The molecule has 0 saturated heterocycles. The van der Waals surface area contributed by atoms with Crippen molar-refractivity contribution in [1.29, 1.82) is 0 Å². The van der Waals surface area contributed by atoms with Gasteiger partial charge < -0.3 is 5.11 Å². The standard InChI is InChI=1S/C9H6FNO2/c10-7-2-1-3-11-8(7)4-6(12)5-9(11)13/h1-5,12H. The fourth-order valence-electron chi connectivity index (χ4n) is 1.20. The van der Waals surface area contributed by atoms with Gasteiger partial charge in [0, 0.05) is 18.3 Å². The number of hydrogen-bond acceptors (Lipinski definition) is 2. The fraction of sp³-hybridized carbons (Fsp3) is 0. The van der Waals surface area contributed by atoms with E-state index in [1.54, 1.807) is 0 Å². The lowest BCUT2D eigenvalue weighted by Gasteiger charge is -2.00. The Bertz CT molecular complexity index is 518. The molecular weight excluding hydrogens is 173 g/mol. The normalized spacial score (nSPS) is 10.5. The molecule has 0 unspecified atom stereocenters. The topological polar surface area (TPSA) is 41.7 Å². The van der Waals surface area contributed by atoms with Crippen LogP contribution in [-0.4, -0.2) is 9.51 Å². The smallest absolute Gasteiger partial charge is 0.258 e. The van der Waals surface area contributed by atoms with Crippen molar-refractivity contribution in [3.8, 4) is 5.75 Å². The second kappa shape index (κ2) is 2.58. The van der Waals surface area contributed by atoms with E-state index >= 15 is 0 Å². The van der Waals surface area contributed by atoms with Crippen LogP contribution in [0.15, 0.2) is 35.3 Å². The molecule has 2 rings (SSSR count). The Balaban J connectivity index is 3.03. The van der Waals surface area contributed by atoms with Gasteiger partial charge in [-0.15, -0.1) is 0 Å². The van der Waals surface area contributed by atoms with E-state index in [2.05, 4.69) is 0 Å². The van der Waals surface area contributed by atoms with E-state index in [1.165, 1.54) is 24.4 Å². The van der Waals surface area contributed by atoms with Crippen molar-refractivity contribution >= 4 is 5.52 Å². The predicted molar refractivity (Wildman–Crippen MR) is 45.3 cm³/mol. The van der Waals surface area contributed by atoms with E-state index < -0.39 is 11.4 Å². The molecule has 0 fully saturated rings. The lowest BCUT2D eigenvalue weighted by molar-refractivity contribution is 0.473. The summed E-state index contributed by atoms with van der Waals surface area (Å²) in [5.41, 5.74) is -0.373. The second-order valence-corrected chi connectivity index (χ2v) is 2.66. The molecule has 0 aliphatic carbocycles. The van der Waals surface area contributed by atoms with Crippen LogP contribution in [0.25, 0.3) is 5.52 Å². The van der Waals surface area contributed by atoms with Crippen molar-refractivity contribution in [3.05, 3.63) is 46.6 Å². The number of pyridine rings is 2. The molecule has 4 heteroatoms. The van der Waals surface area contributed by atoms with Crippen molar-refractivity contribution in [2.24, 2.45) is 0 Å². The minimum atomic E-state index is -0.532. The summed E-state index contributed by atoms with van der Waals surface area (Å²) in [6.45, 7) is 0. The van der Waals surface area contributed by atoms with Crippen LogP contribution in [0.4, 0.5) is 4.39 Å². The Morgan fingerprint density at radius 1 is 1.38 bits per heavy atom. The van der Waals surface area contributed by atoms with Crippen molar-refractivity contribution in [2.45, 2.75) is 0 Å². The van der Waals surface area contributed by atoms with Crippen molar-refractivity contribution in [3.63, 3.8) is 0 Å². The Labute approximate surface area is 72.7 Å². The van der Waals surface area contributed by atoms with Gasteiger partial charge in [-0.25, -0.2) is 4.39 Å². The van der Waals surface area contributed by atoms with Crippen LogP contribution in [0.5, 0.6) is 5.75 Å². The largest absolute Gasteiger partial charge is 0.508 e. The molecule has 2 aromatic heterocycles. The SMILES string of the molecule is O=c1cc(O)cc2c(F)cccn12. The maximum absolute atomic E-state index is 13.1. The molecule has 0 aliphatic rings. The third-order valence-corrected chi connectivity index (χ3v) is 1.78. The molecule has 2 heterocycles. The van der Waals surface area contributed by atoms with Crippen LogP contribution in [0.1, 0.15) is 0 Å². The second-order valence-electron chi connectivity index (χ2n) is 2.66. The van der Waals surface area contributed by atoms with Gasteiger partial charge >= 0.3 is 0 Å². The minimum Gasteiger partial charge on any atom is -0.508 e. The van der Waals surface area contributed by atoms with Crippen molar-refractivity contribution in [2.75, 3.05) is 0 Å². The average Bonchev–Trinajstić information content (AvgIpc) is 2.07. The molecule has 0 spiro atoms. The first kappa shape index (κ1) is 7.79. The van der Waals surface area contributed by atoms with Crippen LogP contribution < -0.4 is 5.56 Å². The van der Waals surface area contributed by atoms with Gasteiger partial charge in [-0.1, -0.05) is 0 Å². The van der Waals surface area contributed by atoms with Gasteiger partial charge in [0.05, 0.1) is 5.52 Å². The molecular formula is C9H6FNO2. The summed E-state index contributed by atoms with van der Waals surface area (Å²) in [6, 6.07) is 4.90. The van der Waals surface area contributed by atoms with Gasteiger partial charge in [-0.05, 0) is 12.1 Å². The summed E-state index contributed by atoms with van der Waals surface area (Å²) in [6.07, 6.45) is 1.44. The molecule has 0 aliphatic heterocycles. The van der Waals surface area contributed by atoms with Crippen LogP contribution >= 0.6 is 0 Å². The van der Waals surface area contributed by atoms with E-state index in [1.807, 2.05) is 0 Å². The maximum atomic E-state index is 13.1. The number of aromatic hydroxyl groups is 1. The lowest BCUT2D eigenvalue weighted by Crippen LogP contribution is -2.11. The molecule has 2 aromatic rings. The Morgan fingerprint density at radius 2 is 2.15 bits per heavy atom. The van der Waals surface area contributed by atoms with E-state index in [0.717, 1.165) is 10.5 Å². The van der Waals surface area contributed by atoms with Crippen LogP contribution in [0, 0.1) is 5.82 Å². The molecule has 0 radical (unpaired) electrons. The van der Waals surface area contributed by atoms with Gasteiger partial charge in [0.25, 0.3) is 5.56 Å². The van der Waals surface area contributed by atoms with E-state index in [9.17, 15) is 9.18 Å². The zero-order valence-corrected chi connectivity index (χ0v) is 6.57. The van der Waals surface area contributed by atoms with Gasteiger partial charge in [0.2, 0.25) is 0 Å². The average molecular weight is 179 g/mol. The Kier molecular flexibility index (Phi) is 1.55. The number of hydrogen-bond donors (Lipinski definition) is 1. The zero-order chi connectivity index (χ0) is 9.42. The monoisotopic (exact) mass is 179 g/mol. The first-order chi connectivity index (χ1) is 6.18. The number of fused-ring (bicyclic) bond motifs is 1. The van der Waals surface area contributed by atoms with Crippen LogP contribution in [0.3, 0.4) is 0 Å². The van der Waals surface area contributed by atoms with E-state index in [-0.39, 0.29) is 11.3 Å². The summed E-state index contributed by atoms with van der Waals surface area (Å²) < 4.78 is 14.2. The van der Waals surface area contributed by atoms with Gasteiger partial charge in [-0.2, -0.15) is 0 Å². The number of halogens is 1. The van der Waals surface area contributed by atoms with Gasteiger partial charge in [-0.3, -0.25) is 9.20 Å². The summed E-state index contributed by atoms with van der Waals surface area (Å²) in [4.78, 5) is 11.2. The molecule has 0 aromatic carbocycles. The Morgan fingerprint density at radius 3 is 2.92 bits per heavy atom. The van der Waals surface area contributed by atoms with Crippen LogP contribution in [-0.2, 0) is 0 Å². The molecule has 1 N–H and O–H groups in total. The molecule has 0 atom stereocenters. The predicted octanol–water partition coefficient (Wildman–Crippen LogP) is 1.14. The summed E-state index contributed by atoms with van der Waals surface area (Å²) in [5, 5.41) is 9.06. The number of aromatic nitrogens is 1. The molecule has 0 bridgehead atoms. The Hall–Kier alpha value is -1.84. The third kappa shape index (κ3) is 1.16. The summed E-state index contributed by atoms with van der Waals surface area (Å²) >= 11 is 0. The molecule has 0 amide bonds. The minimum absolute atomic E-state index is 0.0764. The summed E-state index contributed by atoms with van der Waals surface area (Å²) in [5.74, 6) is -0.759. The third-order valence-electron chi connectivity index (χ3n) is 1.78. The quantitative estimate of drug-likeness (QED) is 0.659. The first-order valence-corrected chi connectivity index (χ1v) is 3.68.